The fraction of sp³-hybridized carbons (Fsp3) is 0.647. The number of sulfonamides is 1. The van der Waals surface area contributed by atoms with Gasteiger partial charge in [-0.15, -0.1) is 0 Å². The Bertz CT molecular complexity index is 669. The minimum atomic E-state index is -3.46. The first-order chi connectivity index (χ1) is 11.8. The molecule has 1 aliphatic heterocycles. The molecule has 1 fully saturated rings. The maximum absolute atomic E-state index is 12.6. The second-order valence-corrected chi connectivity index (χ2v) is 9.99. The minimum Gasteiger partial charge on any atom is -0.355 e. The first-order valence-electron chi connectivity index (χ1n) is 8.71. The molecule has 8 heteroatoms. The average molecular weight is 386 g/mol. The second-order valence-electron chi connectivity index (χ2n) is 6.70. The zero-order valence-corrected chi connectivity index (χ0v) is 16.7. The third kappa shape index (κ3) is 5.69. The van der Waals surface area contributed by atoms with Gasteiger partial charge in [-0.1, -0.05) is 32.0 Å². The lowest BCUT2D eigenvalue weighted by Gasteiger charge is -2.25. The minimum absolute atomic E-state index is 0.0366. The first-order valence-corrected chi connectivity index (χ1v) is 11.0. The van der Waals surface area contributed by atoms with Crippen LogP contribution in [0.15, 0.2) is 28.3 Å². The maximum atomic E-state index is 12.6. The van der Waals surface area contributed by atoms with Crippen molar-refractivity contribution in [2.45, 2.75) is 55.2 Å². The Hall–Kier alpha value is -1.12. The molecular formula is C17H27N3O3S2. The van der Waals surface area contributed by atoms with E-state index in [-0.39, 0.29) is 16.1 Å². The smallest absolute Gasteiger partial charge is 0.244 e. The number of piperidine rings is 1. The second kappa shape index (κ2) is 9.00. The number of nitrogens with one attached hydrogen (secondary N) is 1. The summed E-state index contributed by atoms with van der Waals surface area (Å²) in [6.07, 6.45) is 4.29. The molecule has 1 N–H and O–H groups in total. The number of thioether (sulfide) groups is 1. The van der Waals surface area contributed by atoms with Crippen molar-refractivity contribution >= 4 is 27.7 Å². The molecule has 0 bridgehead atoms. The van der Waals surface area contributed by atoms with Crippen LogP contribution in [0.4, 0.5) is 0 Å². The van der Waals surface area contributed by atoms with Crippen LogP contribution in [0, 0.1) is 5.92 Å². The number of hydrogen-bond donors (Lipinski definition) is 1. The zero-order valence-electron chi connectivity index (χ0n) is 15.1. The molecule has 0 aromatic carbocycles. The molecule has 0 spiro atoms. The Morgan fingerprint density at radius 2 is 1.92 bits per heavy atom. The van der Waals surface area contributed by atoms with E-state index in [1.54, 1.807) is 12.1 Å². The van der Waals surface area contributed by atoms with Crippen LogP contribution in [0.1, 0.15) is 40.0 Å². The van der Waals surface area contributed by atoms with Gasteiger partial charge in [0.25, 0.3) is 0 Å². The molecule has 1 aliphatic rings. The largest absolute Gasteiger partial charge is 0.355 e. The summed E-state index contributed by atoms with van der Waals surface area (Å²) in [5.41, 5.74) is 0. The normalized spacial score (nSPS) is 17.4. The van der Waals surface area contributed by atoms with Crippen LogP contribution in [0.5, 0.6) is 0 Å². The predicted octanol–water partition coefficient (Wildman–Crippen LogP) is 2.51. The Morgan fingerprint density at radius 1 is 1.24 bits per heavy atom. The topological polar surface area (TPSA) is 79.4 Å². The van der Waals surface area contributed by atoms with Gasteiger partial charge in [-0.3, -0.25) is 4.79 Å². The maximum Gasteiger partial charge on any atom is 0.244 e. The molecule has 1 aromatic heterocycles. The highest BCUT2D eigenvalue weighted by Gasteiger charge is 2.26. The van der Waals surface area contributed by atoms with E-state index in [2.05, 4.69) is 10.3 Å². The Labute approximate surface area is 154 Å². The highest BCUT2D eigenvalue weighted by molar-refractivity contribution is 8.00. The molecule has 140 valence electrons. The van der Waals surface area contributed by atoms with E-state index in [0.717, 1.165) is 19.3 Å². The lowest BCUT2D eigenvalue weighted by atomic mass is 10.2. The summed E-state index contributed by atoms with van der Waals surface area (Å²) in [6.45, 7) is 7.70. The highest BCUT2D eigenvalue weighted by Crippen LogP contribution is 2.24. The van der Waals surface area contributed by atoms with Crippen molar-refractivity contribution in [3.8, 4) is 0 Å². The average Bonchev–Trinajstić information content (AvgIpc) is 2.60. The summed E-state index contributed by atoms with van der Waals surface area (Å²) in [5.74, 6) is 0.365. The molecule has 1 atom stereocenters. The van der Waals surface area contributed by atoms with Gasteiger partial charge in [0, 0.05) is 25.8 Å². The summed E-state index contributed by atoms with van der Waals surface area (Å²) in [6, 6.07) is 3.26. The lowest BCUT2D eigenvalue weighted by Crippen LogP contribution is -2.35. The third-order valence-electron chi connectivity index (χ3n) is 4.01. The van der Waals surface area contributed by atoms with Crippen LogP contribution in [-0.4, -0.2) is 48.5 Å². The molecule has 0 aliphatic carbocycles. The number of rotatable bonds is 7. The van der Waals surface area contributed by atoms with Crippen LogP contribution in [0.2, 0.25) is 0 Å². The highest BCUT2D eigenvalue weighted by atomic mass is 32.2. The molecule has 0 radical (unpaired) electrons. The van der Waals surface area contributed by atoms with Crippen LogP contribution in [-0.2, 0) is 14.8 Å². The van der Waals surface area contributed by atoms with Crippen molar-refractivity contribution in [2.24, 2.45) is 5.92 Å². The van der Waals surface area contributed by atoms with E-state index in [9.17, 15) is 13.2 Å². The van der Waals surface area contributed by atoms with Gasteiger partial charge in [-0.25, -0.2) is 13.4 Å². The molecule has 6 nitrogen and oxygen atoms in total. The molecule has 0 saturated carbocycles. The van der Waals surface area contributed by atoms with Crippen LogP contribution in [0.25, 0.3) is 0 Å². The molecule has 1 saturated heterocycles. The predicted molar refractivity (Wildman–Crippen MR) is 100 cm³/mol. The van der Waals surface area contributed by atoms with E-state index in [0.29, 0.717) is 30.6 Å². The van der Waals surface area contributed by atoms with Gasteiger partial charge in [-0.2, -0.15) is 4.31 Å². The number of hydrogen-bond acceptors (Lipinski definition) is 5. The number of amides is 1. The van der Waals surface area contributed by atoms with Crippen LogP contribution < -0.4 is 5.32 Å². The van der Waals surface area contributed by atoms with E-state index in [4.69, 9.17) is 0 Å². The van der Waals surface area contributed by atoms with Crippen molar-refractivity contribution < 1.29 is 13.2 Å². The fourth-order valence-corrected chi connectivity index (χ4v) is 4.80. The van der Waals surface area contributed by atoms with Crippen LogP contribution in [0.3, 0.4) is 0 Å². The number of aromatic nitrogens is 1. The third-order valence-corrected chi connectivity index (χ3v) is 6.95. The van der Waals surface area contributed by atoms with Crippen LogP contribution >= 0.6 is 11.8 Å². The van der Waals surface area contributed by atoms with Gasteiger partial charge in [0.2, 0.25) is 15.9 Å². The fourth-order valence-electron chi connectivity index (χ4n) is 2.53. The van der Waals surface area contributed by atoms with Gasteiger partial charge in [-0.05, 0) is 37.8 Å². The molecule has 1 aromatic rings. The van der Waals surface area contributed by atoms with Crippen molar-refractivity contribution in [1.29, 1.82) is 0 Å². The van der Waals surface area contributed by atoms with Gasteiger partial charge in [0.05, 0.1) is 10.3 Å². The Morgan fingerprint density at radius 3 is 2.48 bits per heavy atom. The molecular weight excluding hydrogens is 358 g/mol. The Balaban J connectivity index is 1.98. The quantitative estimate of drug-likeness (QED) is 0.730. The zero-order chi connectivity index (χ0) is 18.4. The number of pyridine rings is 1. The van der Waals surface area contributed by atoms with E-state index < -0.39 is 10.0 Å². The van der Waals surface area contributed by atoms with Gasteiger partial charge < -0.3 is 5.32 Å². The molecule has 25 heavy (non-hydrogen) atoms. The monoisotopic (exact) mass is 385 g/mol. The van der Waals surface area contributed by atoms with Crippen molar-refractivity contribution in [1.82, 2.24) is 14.6 Å². The van der Waals surface area contributed by atoms with Crippen molar-refractivity contribution in [3.63, 3.8) is 0 Å². The molecule has 1 amide bonds. The lowest BCUT2D eigenvalue weighted by molar-refractivity contribution is -0.120. The summed E-state index contributed by atoms with van der Waals surface area (Å²) >= 11 is 1.33. The van der Waals surface area contributed by atoms with E-state index >= 15 is 0 Å². The molecule has 1 unspecified atom stereocenters. The Kier molecular flexibility index (Phi) is 7.27. The van der Waals surface area contributed by atoms with E-state index in [1.165, 1.54) is 22.3 Å². The van der Waals surface area contributed by atoms with Gasteiger partial charge >= 0.3 is 0 Å². The summed E-state index contributed by atoms with van der Waals surface area (Å²) in [5, 5.41) is 3.25. The van der Waals surface area contributed by atoms with Crippen molar-refractivity contribution in [2.75, 3.05) is 19.6 Å². The summed E-state index contributed by atoms with van der Waals surface area (Å²) in [4.78, 5) is 16.5. The molecule has 2 rings (SSSR count). The number of carbonyl (C=O) groups is 1. The SMILES string of the molecule is CC(C)CNC(=O)C(C)Sc1ccc(S(=O)(=O)N2CCCCC2)cn1. The van der Waals surface area contributed by atoms with E-state index in [1.807, 2.05) is 20.8 Å². The number of nitrogens with zero attached hydrogens (tertiary/aromatic N) is 2. The number of carbonyl (C=O) groups excluding carboxylic acids is 1. The van der Waals surface area contributed by atoms with Gasteiger partial charge in [0.1, 0.15) is 4.90 Å². The standard InChI is InChI=1S/C17H27N3O3S2/c1-13(2)11-19-17(21)14(3)24-16-8-7-15(12-18-16)25(22,23)20-9-5-4-6-10-20/h7-8,12-14H,4-6,9-11H2,1-3H3,(H,19,21). The first kappa shape index (κ1) is 20.2. The summed E-state index contributed by atoms with van der Waals surface area (Å²) < 4.78 is 26.7. The van der Waals surface area contributed by atoms with Crippen molar-refractivity contribution in [3.05, 3.63) is 18.3 Å². The van der Waals surface area contributed by atoms with Gasteiger partial charge in [0.15, 0.2) is 0 Å². The molecule has 2 heterocycles. The summed E-state index contributed by atoms with van der Waals surface area (Å²) in [7, 11) is -3.46.